The third kappa shape index (κ3) is 4.37. The fraction of sp³-hybridized carbons (Fsp3) is 0.474. The van der Waals surface area contributed by atoms with Gasteiger partial charge in [-0.3, -0.25) is 10.1 Å². The number of nitrogens with one attached hydrogen (secondary N) is 1. The molecule has 1 amide bonds. The summed E-state index contributed by atoms with van der Waals surface area (Å²) in [5.74, 6) is -0.145. The monoisotopic (exact) mass is 361 g/mol. The number of hydrogen-bond acceptors (Lipinski definition) is 5. The van der Waals surface area contributed by atoms with E-state index in [1.165, 1.54) is 18.9 Å². The third-order valence-electron chi connectivity index (χ3n) is 3.85. The molecule has 5 nitrogen and oxygen atoms in total. The van der Waals surface area contributed by atoms with Gasteiger partial charge >= 0.3 is 0 Å². The molecule has 1 heterocycles. The lowest BCUT2D eigenvalue weighted by Crippen LogP contribution is -2.21. The molecule has 0 spiro atoms. The first kappa shape index (κ1) is 19.4. The van der Waals surface area contributed by atoms with Gasteiger partial charge in [-0.05, 0) is 45.4 Å². The average molecular weight is 361 g/mol. The quantitative estimate of drug-likeness (QED) is 0.646. The van der Waals surface area contributed by atoms with Gasteiger partial charge in [-0.15, -0.1) is 5.75 Å². The van der Waals surface area contributed by atoms with Crippen LogP contribution in [0.5, 0.6) is 5.75 Å². The van der Waals surface area contributed by atoms with Crippen LogP contribution in [0.3, 0.4) is 0 Å². The van der Waals surface area contributed by atoms with Crippen LogP contribution < -0.4 is 10.4 Å². The molecule has 25 heavy (non-hydrogen) atoms. The number of amides is 1. The molecule has 2 rings (SSSR count). The van der Waals surface area contributed by atoms with Crippen molar-refractivity contribution >= 4 is 28.9 Å². The Morgan fingerprint density at radius 2 is 1.64 bits per heavy atom. The standard InChI is InChI=1S/C19H26N2O3S/c1-18(2,3)12-8-11(9-13(15(12)22)19(4,5)6)10-14-16(23)20-17(25-14)21-24-7/h8-10,22H,1-7H3,(H,20,21,23)/p-1/b14-10-. The summed E-state index contributed by atoms with van der Waals surface area (Å²) in [6.45, 7) is 12.1. The lowest BCUT2D eigenvalue weighted by molar-refractivity contribution is -0.271. The first-order chi connectivity index (χ1) is 11.4. The van der Waals surface area contributed by atoms with Gasteiger partial charge in [0.2, 0.25) is 5.17 Å². The van der Waals surface area contributed by atoms with Crippen LogP contribution in [0.15, 0.2) is 22.2 Å². The number of amidine groups is 1. The number of rotatable bonds is 2. The number of benzene rings is 1. The summed E-state index contributed by atoms with van der Waals surface area (Å²) in [6, 6.07) is 3.76. The first-order valence-electron chi connectivity index (χ1n) is 8.11. The van der Waals surface area contributed by atoms with E-state index >= 15 is 0 Å². The number of nitrogens with zero attached hydrogens (tertiary/aromatic N) is 1. The number of carbonyl (C=O) groups is 1. The van der Waals surface area contributed by atoms with Crippen LogP contribution in [0.1, 0.15) is 58.2 Å². The van der Waals surface area contributed by atoms with Gasteiger partial charge in [0.15, 0.2) is 0 Å². The molecule has 1 saturated heterocycles. The number of hydrogen-bond donors (Lipinski definition) is 1. The molecule has 1 aromatic rings. The van der Waals surface area contributed by atoms with E-state index in [0.717, 1.165) is 16.7 Å². The molecule has 1 aromatic carbocycles. The van der Waals surface area contributed by atoms with Crippen LogP contribution in [0.25, 0.3) is 6.08 Å². The van der Waals surface area contributed by atoms with Crippen molar-refractivity contribution in [2.75, 3.05) is 7.11 Å². The molecule has 6 heteroatoms. The summed E-state index contributed by atoms with van der Waals surface area (Å²) < 4.78 is 0. The van der Waals surface area contributed by atoms with Crippen LogP contribution in [0, 0.1) is 0 Å². The largest absolute Gasteiger partial charge is 0.872 e. The van der Waals surface area contributed by atoms with E-state index < -0.39 is 0 Å². The van der Waals surface area contributed by atoms with Gasteiger partial charge in [0, 0.05) is 0 Å². The van der Waals surface area contributed by atoms with E-state index in [2.05, 4.69) is 10.5 Å². The van der Waals surface area contributed by atoms with E-state index in [1.807, 2.05) is 53.7 Å². The third-order valence-corrected chi connectivity index (χ3v) is 4.74. The zero-order valence-corrected chi connectivity index (χ0v) is 16.6. The molecule has 0 saturated carbocycles. The first-order valence-corrected chi connectivity index (χ1v) is 8.93. The summed E-state index contributed by atoms with van der Waals surface area (Å²) in [6.07, 6.45) is 1.79. The molecule has 1 fully saturated rings. The predicted octanol–water partition coefficient (Wildman–Crippen LogP) is 3.48. The molecule has 0 aromatic heterocycles. The van der Waals surface area contributed by atoms with Crippen LogP contribution >= 0.6 is 11.8 Å². The minimum absolute atomic E-state index is 0.0762. The van der Waals surface area contributed by atoms with Crippen molar-refractivity contribution in [1.82, 2.24) is 5.32 Å². The maximum Gasteiger partial charge on any atom is 0.264 e. The van der Waals surface area contributed by atoms with E-state index in [1.54, 1.807) is 6.08 Å². The molecule has 1 aliphatic heterocycles. The average Bonchev–Trinajstić information content (AvgIpc) is 2.78. The summed E-state index contributed by atoms with van der Waals surface area (Å²) in [7, 11) is 1.43. The van der Waals surface area contributed by atoms with Crippen LogP contribution in [-0.4, -0.2) is 18.2 Å². The van der Waals surface area contributed by atoms with Crippen molar-refractivity contribution < 1.29 is 14.7 Å². The van der Waals surface area contributed by atoms with Crippen molar-refractivity contribution in [2.24, 2.45) is 5.16 Å². The molecule has 1 N–H and O–H groups in total. The second-order valence-electron chi connectivity index (χ2n) is 8.09. The Bertz CT molecular complexity index is 718. The van der Waals surface area contributed by atoms with Crippen LogP contribution in [-0.2, 0) is 20.5 Å². The van der Waals surface area contributed by atoms with Gasteiger partial charge in [0.25, 0.3) is 5.91 Å². The number of thioether (sulfide) groups is 1. The van der Waals surface area contributed by atoms with Crippen molar-refractivity contribution in [2.45, 2.75) is 52.4 Å². The highest BCUT2D eigenvalue weighted by atomic mass is 32.2. The topological polar surface area (TPSA) is 73.8 Å². The Labute approximate surface area is 153 Å². The van der Waals surface area contributed by atoms with Crippen molar-refractivity contribution in [3.8, 4) is 5.75 Å². The van der Waals surface area contributed by atoms with Crippen molar-refractivity contribution in [1.29, 1.82) is 0 Å². The highest BCUT2D eigenvalue weighted by molar-refractivity contribution is 8.18. The molecule has 136 valence electrons. The fourth-order valence-electron chi connectivity index (χ4n) is 2.55. The maximum atomic E-state index is 12.9. The fourth-order valence-corrected chi connectivity index (χ4v) is 3.36. The Hall–Kier alpha value is -1.95. The Morgan fingerprint density at radius 3 is 2.08 bits per heavy atom. The van der Waals surface area contributed by atoms with Gasteiger partial charge in [-0.1, -0.05) is 58.8 Å². The van der Waals surface area contributed by atoms with E-state index in [9.17, 15) is 9.90 Å². The summed E-state index contributed by atoms with van der Waals surface area (Å²) in [5.41, 5.74) is 1.78. The molecule has 0 unspecified atom stereocenters. The Kier molecular flexibility index (Phi) is 5.23. The molecule has 0 radical (unpaired) electrons. The number of oxime groups is 1. The molecule has 0 atom stereocenters. The van der Waals surface area contributed by atoms with E-state index in [-0.39, 0.29) is 22.5 Å². The van der Waals surface area contributed by atoms with E-state index in [4.69, 9.17) is 4.84 Å². The summed E-state index contributed by atoms with van der Waals surface area (Å²) in [5, 5.41) is 19.7. The van der Waals surface area contributed by atoms with Gasteiger partial charge in [0.1, 0.15) is 7.11 Å². The predicted molar refractivity (Wildman–Crippen MR) is 101 cm³/mol. The van der Waals surface area contributed by atoms with Crippen LogP contribution in [0.2, 0.25) is 0 Å². The molecule has 1 aliphatic rings. The summed E-state index contributed by atoms with van der Waals surface area (Å²) in [4.78, 5) is 17.3. The summed E-state index contributed by atoms with van der Waals surface area (Å²) >= 11 is 1.22. The molecular weight excluding hydrogens is 336 g/mol. The number of carbonyl (C=O) groups excluding carboxylic acids is 1. The van der Waals surface area contributed by atoms with Gasteiger partial charge in [-0.25, -0.2) is 0 Å². The van der Waals surface area contributed by atoms with Crippen molar-refractivity contribution in [3.05, 3.63) is 33.7 Å². The molecular formula is C19H25N2O3S-. The lowest BCUT2D eigenvalue weighted by Gasteiger charge is -2.33. The van der Waals surface area contributed by atoms with Crippen LogP contribution in [0.4, 0.5) is 0 Å². The minimum Gasteiger partial charge on any atom is -0.872 e. The zero-order chi connectivity index (χ0) is 19.0. The second-order valence-corrected chi connectivity index (χ2v) is 9.12. The Morgan fingerprint density at radius 1 is 1.12 bits per heavy atom. The molecule has 0 aliphatic carbocycles. The Balaban J connectivity index is 2.57. The smallest absolute Gasteiger partial charge is 0.264 e. The van der Waals surface area contributed by atoms with Crippen molar-refractivity contribution in [3.63, 3.8) is 0 Å². The van der Waals surface area contributed by atoms with Gasteiger partial charge < -0.3 is 9.94 Å². The lowest BCUT2D eigenvalue weighted by atomic mass is 9.78. The zero-order valence-electron chi connectivity index (χ0n) is 15.8. The molecule has 0 bridgehead atoms. The van der Waals surface area contributed by atoms with Gasteiger partial charge in [0.05, 0.1) is 4.91 Å². The maximum absolute atomic E-state index is 12.9. The second kappa shape index (κ2) is 6.75. The SMILES string of the molecule is CON=C1NC(=O)/C(=C/c2cc(C(C)(C)C)c([O-])c(C(C)(C)C)c2)S1. The van der Waals surface area contributed by atoms with Gasteiger partial charge in [-0.2, -0.15) is 0 Å². The highest BCUT2D eigenvalue weighted by Gasteiger charge is 2.26. The normalized spacial score (nSPS) is 18.8. The minimum atomic E-state index is -0.278. The van der Waals surface area contributed by atoms with E-state index in [0.29, 0.717) is 10.1 Å². The highest BCUT2D eigenvalue weighted by Crippen LogP contribution is 2.39.